The fourth-order valence-corrected chi connectivity index (χ4v) is 2.77. The molecule has 3 rings (SSSR count). The van der Waals surface area contributed by atoms with Crippen molar-refractivity contribution in [2.24, 2.45) is 0 Å². The number of hydrogen-bond acceptors (Lipinski definition) is 3. The van der Waals surface area contributed by atoms with Crippen LogP contribution >= 0.6 is 0 Å². The van der Waals surface area contributed by atoms with Gasteiger partial charge in [-0.25, -0.2) is 0 Å². The van der Waals surface area contributed by atoms with E-state index < -0.39 is 17.8 Å². The van der Waals surface area contributed by atoms with E-state index in [2.05, 4.69) is 5.32 Å². The van der Waals surface area contributed by atoms with E-state index in [0.717, 1.165) is 23.4 Å². The summed E-state index contributed by atoms with van der Waals surface area (Å²) in [5.74, 6) is 0.334. The Bertz CT molecular complexity index is 760. The molecule has 25 heavy (non-hydrogen) atoms. The van der Waals surface area contributed by atoms with Gasteiger partial charge in [-0.3, -0.25) is 4.79 Å². The Labute approximate surface area is 143 Å². The summed E-state index contributed by atoms with van der Waals surface area (Å²) in [4.78, 5) is 13.9. The van der Waals surface area contributed by atoms with E-state index in [9.17, 15) is 18.0 Å². The van der Waals surface area contributed by atoms with Crippen molar-refractivity contribution >= 4 is 11.6 Å². The number of anilines is 1. The van der Waals surface area contributed by atoms with Gasteiger partial charge in [0.15, 0.2) is 6.10 Å². The summed E-state index contributed by atoms with van der Waals surface area (Å²) in [6.45, 7) is 0.698. The number of amides is 1. The third kappa shape index (κ3) is 3.70. The molecule has 0 aliphatic carbocycles. The summed E-state index contributed by atoms with van der Waals surface area (Å²) in [6.07, 6.45) is -5.02. The lowest BCUT2D eigenvalue weighted by Crippen LogP contribution is -2.47. The summed E-state index contributed by atoms with van der Waals surface area (Å²) in [5.41, 5.74) is 0.852. The zero-order valence-corrected chi connectivity index (χ0v) is 13.5. The van der Waals surface area contributed by atoms with E-state index in [1.54, 1.807) is 12.1 Å². The largest absolute Gasteiger partial charge is 0.477 e. The van der Waals surface area contributed by atoms with Crippen LogP contribution in [0.4, 0.5) is 18.9 Å². The first-order valence-corrected chi connectivity index (χ1v) is 7.77. The Balaban J connectivity index is 1.84. The molecule has 0 bridgehead atoms. The van der Waals surface area contributed by atoms with Gasteiger partial charge >= 0.3 is 6.18 Å². The van der Waals surface area contributed by atoms with Crippen molar-refractivity contribution in [3.05, 3.63) is 59.7 Å². The quantitative estimate of drug-likeness (QED) is 0.924. The fourth-order valence-electron chi connectivity index (χ4n) is 2.77. The third-order valence-electron chi connectivity index (χ3n) is 4.05. The minimum atomic E-state index is -4.35. The molecule has 132 valence electrons. The highest BCUT2D eigenvalue weighted by atomic mass is 19.4. The van der Waals surface area contributed by atoms with Crippen LogP contribution in [0.1, 0.15) is 11.1 Å². The Morgan fingerprint density at radius 3 is 2.52 bits per heavy atom. The number of benzene rings is 2. The number of halogens is 3. The monoisotopic (exact) mass is 350 g/mol. The average Bonchev–Trinajstić information content (AvgIpc) is 2.60. The van der Waals surface area contributed by atoms with E-state index in [-0.39, 0.29) is 5.91 Å². The van der Waals surface area contributed by atoms with Crippen LogP contribution in [-0.4, -0.2) is 25.6 Å². The number of likely N-dealkylation sites (N-methyl/N-ethyl adjacent to an activating group) is 1. The number of carbonyl (C=O) groups is 1. The minimum absolute atomic E-state index is 0.244. The highest BCUT2D eigenvalue weighted by molar-refractivity contribution is 5.83. The summed E-state index contributed by atoms with van der Waals surface area (Å²) < 4.78 is 43.8. The lowest BCUT2D eigenvalue weighted by molar-refractivity contribution is -0.137. The zero-order valence-electron chi connectivity index (χ0n) is 13.5. The van der Waals surface area contributed by atoms with Crippen molar-refractivity contribution in [3.8, 4) is 5.75 Å². The molecule has 1 aliphatic heterocycles. The number of rotatable bonds is 3. The molecular formula is C18H17F3N2O2. The SMILES string of the molecule is CNC(=O)C1CN(Cc2ccc(C(F)(F)F)cc2)c2ccccc2O1. The van der Waals surface area contributed by atoms with Crippen LogP contribution in [0.25, 0.3) is 0 Å². The Morgan fingerprint density at radius 1 is 1.20 bits per heavy atom. The number of alkyl halides is 3. The van der Waals surface area contributed by atoms with Crippen molar-refractivity contribution in [3.63, 3.8) is 0 Å². The van der Waals surface area contributed by atoms with Gasteiger partial charge in [0.25, 0.3) is 5.91 Å². The predicted molar refractivity (Wildman–Crippen MR) is 87.4 cm³/mol. The predicted octanol–water partition coefficient (Wildman–Crippen LogP) is 3.22. The minimum Gasteiger partial charge on any atom is -0.477 e. The molecule has 1 heterocycles. The Hall–Kier alpha value is -2.70. The Kier molecular flexibility index (Phi) is 4.57. The second-order valence-electron chi connectivity index (χ2n) is 5.76. The average molecular weight is 350 g/mol. The van der Waals surface area contributed by atoms with Gasteiger partial charge in [-0.05, 0) is 29.8 Å². The van der Waals surface area contributed by atoms with Gasteiger partial charge in [0.2, 0.25) is 0 Å². The normalized spacial score (nSPS) is 16.8. The molecule has 1 unspecified atom stereocenters. The van der Waals surface area contributed by atoms with Crippen LogP contribution in [-0.2, 0) is 17.5 Å². The molecule has 7 heteroatoms. The van der Waals surface area contributed by atoms with Crippen LogP contribution in [0.3, 0.4) is 0 Å². The first kappa shape index (κ1) is 17.1. The summed E-state index contributed by atoms with van der Waals surface area (Å²) >= 11 is 0. The highest BCUT2D eigenvalue weighted by Gasteiger charge is 2.31. The van der Waals surface area contributed by atoms with Crippen molar-refractivity contribution in [1.29, 1.82) is 0 Å². The lowest BCUT2D eigenvalue weighted by Gasteiger charge is -2.35. The smallest absolute Gasteiger partial charge is 0.416 e. The van der Waals surface area contributed by atoms with Gasteiger partial charge in [0.05, 0.1) is 17.8 Å². The molecule has 4 nitrogen and oxygen atoms in total. The van der Waals surface area contributed by atoms with Crippen LogP contribution in [0, 0.1) is 0 Å². The van der Waals surface area contributed by atoms with Gasteiger partial charge in [-0.1, -0.05) is 24.3 Å². The van der Waals surface area contributed by atoms with Crippen molar-refractivity contribution in [2.45, 2.75) is 18.8 Å². The topological polar surface area (TPSA) is 41.6 Å². The van der Waals surface area contributed by atoms with Crippen LogP contribution in [0.2, 0.25) is 0 Å². The van der Waals surface area contributed by atoms with Gasteiger partial charge < -0.3 is 15.0 Å². The summed E-state index contributed by atoms with van der Waals surface area (Å²) in [5, 5.41) is 2.56. The maximum atomic E-state index is 12.7. The maximum absolute atomic E-state index is 12.7. The summed E-state index contributed by atoms with van der Waals surface area (Å²) in [7, 11) is 1.53. The molecule has 1 amide bonds. The number of carbonyl (C=O) groups excluding carboxylic acids is 1. The second-order valence-corrected chi connectivity index (χ2v) is 5.76. The first-order chi connectivity index (χ1) is 11.9. The molecular weight excluding hydrogens is 333 g/mol. The van der Waals surface area contributed by atoms with Gasteiger partial charge in [-0.15, -0.1) is 0 Å². The number of nitrogens with zero attached hydrogens (tertiary/aromatic N) is 1. The fraction of sp³-hybridized carbons (Fsp3) is 0.278. The van der Waals surface area contributed by atoms with E-state index in [0.29, 0.717) is 18.8 Å². The number of para-hydroxylation sites is 2. The molecule has 1 aliphatic rings. The molecule has 0 spiro atoms. The zero-order chi connectivity index (χ0) is 18.0. The van der Waals surface area contributed by atoms with Crippen LogP contribution in [0.5, 0.6) is 5.75 Å². The maximum Gasteiger partial charge on any atom is 0.416 e. The van der Waals surface area contributed by atoms with Crippen molar-refractivity contribution < 1.29 is 22.7 Å². The molecule has 0 saturated heterocycles. The van der Waals surface area contributed by atoms with Crippen LogP contribution < -0.4 is 15.0 Å². The van der Waals surface area contributed by atoms with Crippen molar-refractivity contribution in [2.75, 3.05) is 18.5 Å². The molecule has 0 fully saturated rings. The molecule has 2 aromatic carbocycles. The van der Waals surface area contributed by atoms with Gasteiger partial charge in [0, 0.05) is 13.6 Å². The van der Waals surface area contributed by atoms with E-state index >= 15 is 0 Å². The molecule has 0 saturated carbocycles. The van der Waals surface area contributed by atoms with Crippen molar-refractivity contribution in [1.82, 2.24) is 5.32 Å². The highest BCUT2D eigenvalue weighted by Crippen LogP contribution is 2.34. The molecule has 2 aromatic rings. The number of hydrogen-bond donors (Lipinski definition) is 1. The lowest BCUT2D eigenvalue weighted by atomic mass is 10.1. The summed E-state index contributed by atoms with van der Waals surface area (Å²) in [6, 6.07) is 12.3. The molecule has 0 radical (unpaired) electrons. The van der Waals surface area contributed by atoms with E-state index in [1.165, 1.54) is 19.2 Å². The molecule has 1 atom stereocenters. The van der Waals surface area contributed by atoms with E-state index in [1.807, 2.05) is 17.0 Å². The molecule has 0 aromatic heterocycles. The Morgan fingerprint density at radius 2 is 1.88 bits per heavy atom. The van der Waals surface area contributed by atoms with E-state index in [4.69, 9.17) is 4.74 Å². The number of nitrogens with one attached hydrogen (secondary N) is 1. The number of ether oxygens (including phenoxy) is 1. The second kappa shape index (κ2) is 6.66. The first-order valence-electron chi connectivity index (χ1n) is 7.77. The third-order valence-corrected chi connectivity index (χ3v) is 4.05. The standard InChI is InChI=1S/C18H17F3N2O2/c1-22-17(24)16-11-23(14-4-2-3-5-15(14)25-16)10-12-6-8-13(9-7-12)18(19,20)21/h2-9,16H,10-11H2,1H3,(H,22,24). The van der Waals surface area contributed by atoms with Crippen LogP contribution in [0.15, 0.2) is 48.5 Å². The molecule has 1 N–H and O–H groups in total. The number of fused-ring (bicyclic) bond motifs is 1. The van der Waals surface area contributed by atoms with Gasteiger partial charge in [0.1, 0.15) is 5.75 Å². The van der Waals surface area contributed by atoms with Gasteiger partial charge in [-0.2, -0.15) is 13.2 Å².